The molecule has 3 heterocycles. The van der Waals surface area contributed by atoms with Gasteiger partial charge in [0.05, 0.1) is 10.8 Å². The van der Waals surface area contributed by atoms with Crippen molar-refractivity contribution >= 4 is 28.6 Å². The number of pyridine rings is 1. The predicted octanol–water partition coefficient (Wildman–Crippen LogP) is 4.97. The maximum Gasteiger partial charge on any atom is 0.233 e. The van der Waals surface area contributed by atoms with Crippen molar-refractivity contribution in [1.29, 1.82) is 0 Å². The summed E-state index contributed by atoms with van der Waals surface area (Å²) in [4.78, 5) is 22.8. The number of thioether (sulfide) groups is 1. The van der Waals surface area contributed by atoms with E-state index in [1.54, 1.807) is 23.2 Å². The molecule has 30 heavy (non-hydrogen) atoms. The zero-order chi connectivity index (χ0) is 20.5. The van der Waals surface area contributed by atoms with Gasteiger partial charge in [-0.25, -0.2) is 9.37 Å². The van der Waals surface area contributed by atoms with E-state index >= 15 is 0 Å². The van der Waals surface area contributed by atoms with Crippen LogP contribution < -0.4 is 0 Å². The van der Waals surface area contributed by atoms with E-state index in [0.29, 0.717) is 12.1 Å². The van der Waals surface area contributed by atoms with Crippen LogP contribution in [0, 0.1) is 5.82 Å². The van der Waals surface area contributed by atoms with Gasteiger partial charge in [0.1, 0.15) is 11.9 Å². The van der Waals surface area contributed by atoms with Gasteiger partial charge in [0.25, 0.3) is 0 Å². The third kappa shape index (κ3) is 3.37. The highest BCUT2D eigenvalue weighted by Gasteiger charge is 2.35. The van der Waals surface area contributed by atoms with Gasteiger partial charge in [-0.05, 0) is 36.2 Å². The van der Waals surface area contributed by atoms with Gasteiger partial charge in [0, 0.05) is 34.9 Å². The van der Waals surface area contributed by atoms with E-state index in [2.05, 4.69) is 16.0 Å². The highest BCUT2D eigenvalue weighted by atomic mass is 32.2. The molecule has 1 unspecified atom stereocenters. The van der Waals surface area contributed by atoms with Crippen molar-refractivity contribution in [1.82, 2.24) is 14.9 Å². The summed E-state index contributed by atoms with van der Waals surface area (Å²) in [5.74, 6) is -0.0650. The van der Waals surface area contributed by atoms with E-state index < -0.39 is 6.04 Å². The average molecular weight is 418 g/mol. The maximum atomic E-state index is 14.8. The quantitative estimate of drug-likeness (QED) is 0.477. The van der Waals surface area contributed by atoms with Gasteiger partial charge in [-0.15, -0.1) is 0 Å². The molecular formula is C24H20FN3OS. The van der Waals surface area contributed by atoms with Crippen molar-refractivity contribution in [2.75, 3.05) is 12.3 Å². The number of benzene rings is 2. The first-order chi connectivity index (χ1) is 14.7. The molecule has 1 N–H and O–H groups in total. The van der Waals surface area contributed by atoms with Crippen LogP contribution in [0.5, 0.6) is 0 Å². The maximum absolute atomic E-state index is 14.8. The molecule has 4 nitrogen and oxygen atoms in total. The SMILES string of the molecule is O=C(CSc1ccccn1)N1CCc2c([nH]c3ccccc23)C1c1ccccc1F. The minimum Gasteiger partial charge on any atom is -0.356 e. The third-order valence-corrected chi connectivity index (χ3v) is 6.46. The van der Waals surface area contributed by atoms with Crippen molar-refractivity contribution in [2.24, 2.45) is 0 Å². The van der Waals surface area contributed by atoms with Gasteiger partial charge in [0.15, 0.2) is 0 Å². The number of fused-ring (bicyclic) bond motifs is 3. The summed E-state index contributed by atoms with van der Waals surface area (Å²) >= 11 is 1.40. The number of nitrogens with zero attached hydrogens (tertiary/aromatic N) is 2. The third-order valence-electron chi connectivity index (χ3n) is 5.54. The van der Waals surface area contributed by atoms with Crippen molar-refractivity contribution in [3.05, 3.63) is 95.6 Å². The number of hydrogen-bond donors (Lipinski definition) is 1. The lowest BCUT2D eigenvalue weighted by Gasteiger charge is -2.36. The first-order valence-electron chi connectivity index (χ1n) is 9.89. The smallest absolute Gasteiger partial charge is 0.233 e. The second-order valence-corrected chi connectivity index (χ2v) is 8.28. The molecule has 0 saturated carbocycles. The van der Waals surface area contributed by atoms with Crippen molar-refractivity contribution in [3.63, 3.8) is 0 Å². The number of carbonyl (C=O) groups is 1. The van der Waals surface area contributed by atoms with Crippen LogP contribution in [0.3, 0.4) is 0 Å². The molecule has 0 aliphatic carbocycles. The lowest BCUT2D eigenvalue weighted by Crippen LogP contribution is -2.41. The van der Waals surface area contributed by atoms with E-state index in [1.807, 2.05) is 42.5 Å². The number of hydrogen-bond acceptors (Lipinski definition) is 3. The lowest BCUT2D eigenvalue weighted by molar-refractivity contribution is -0.130. The molecule has 1 aliphatic rings. The molecule has 0 saturated heterocycles. The fourth-order valence-electron chi connectivity index (χ4n) is 4.18. The molecule has 0 bridgehead atoms. The zero-order valence-corrected chi connectivity index (χ0v) is 17.0. The highest BCUT2D eigenvalue weighted by Crippen LogP contribution is 2.39. The Labute approximate surface area is 178 Å². The van der Waals surface area contributed by atoms with Crippen LogP contribution >= 0.6 is 11.8 Å². The standard InChI is InChI=1S/C24H20FN3OS/c25-19-9-3-1-8-18(19)24-23-17(16-7-2-4-10-20(16)27-23)12-14-28(24)22(29)15-30-21-11-5-6-13-26-21/h1-11,13,24,27H,12,14-15H2. The topological polar surface area (TPSA) is 49.0 Å². The van der Waals surface area contributed by atoms with Gasteiger partial charge in [-0.3, -0.25) is 4.79 Å². The van der Waals surface area contributed by atoms with E-state index in [4.69, 9.17) is 0 Å². The minimum atomic E-state index is -0.473. The van der Waals surface area contributed by atoms with E-state index in [0.717, 1.165) is 28.0 Å². The first kappa shape index (κ1) is 18.9. The van der Waals surface area contributed by atoms with E-state index in [-0.39, 0.29) is 17.5 Å². The predicted molar refractivity (Wildman–Crippen MR) is 117 cm³/mol. The van der Waals surface area contributed by atoms with Gasteiger partial charge >= 0.3 is 0 Å². The van der Waals surface area contributed by atoms with Crippen LogP contribution in [-0.4, -0.2) is 33.1 Å². The molecule has 1 amide bonds. The molecular weight excluding hydrogens is 397 g/mol. The summed E-state index contributed by atoms with van der Waals surface area (Å²) in [6.45, 7) is 0.551. The number of carbonyl (C=O) groups excluding carboxylic acids is 1. The van der Waals surface area contributed by atoms with Crippen LogP contribution in [0.15, 0.2) is 78.0 Å². The number of para-hydroxylation sites is 1. The molecule has 1 atom stereocenters. The Morgan fingerprint density at radius 3 is 2.73 bits per heavy atom. The summed E-state index contributed by atoms with van der Waals surface area (Å²) in [6.07, 6.45) is 2.46. The summed E-state index contributed by atoms with van der Waals surface area (Å²) in [6, 6.07) is 20.0. The number of halogens is 1. The van der Waals surface area contributed by atoms with Gasteiger partial charge in [0.2, 0.25) is 5.91 Å². The summed E-state index contributed by atoms with van der Waals surface area (Å²) < 4.78 is 14.8. The van der Waals surface area contributed by atoms with Crippen molar-refractivity contribution in [3.8, 4) is 0 Å². The number of rotatable bonds is 4. The number of aromatic nitrogens is 2. The molecule has 1 aliphatic heterocycles. The molecule has 6 heteroatoms. The summed E-state index contributed by atoms with van der Waals surface area (Å²) in [7, 11) is 0. The van der Waals surface area contributed by atoms with Crippen LogP contribution in [0.2, 0.25) is 0 Å². The second kappa shape index (κ2) is 7.95. The molecule has 4 aromatic rings. The van der Waals surface area contributed by atoms with Gasteiger partial charge in [-0.2, -0.15) is 0 Å². The highest BCUT2D eigenvalue weighted by molar-refractivity contribution is 7.99. The fourth-order valence-corrected chi connectivity index (χ4v) is 4.93. The van der Waals surface area contributed by atoms with Gasteiger partial charge in [-0.1, -0.05) is 54.2 Å². The lowest BCUT2D eigenvalue weighted by atomic mass is 9.92. The fraction of sp³-hybridized carbons (Fsp3) is 0.167. The largest absolute Gasteiger partial charge is 0.356 e. The Balaban J connectivity index is 1.53. The molecule has 2 aromatic heterocycles. The van der Waals surface area contributed by atoms with Gasteiger partial charge < -0.3 is 9.88 Å². The Kier molecular flexibility index (Phi) is 5.01. The summed E-state index contributed by atoms with van der Waals surface area (Å²) in [5.41, 5.74) is 3.60. The minimum absolute atomic E-state index is 0.0248. The first-order valence-corrected chi connectivity index (χ1v) is 10.9. The zero-order valence-electron chi connectivity index (χ0n) is 16.2. The Bertz CT molecular complexity index is 1210. The van der Waals surface area contributed by atoms with E-state index in [9.17, 15) is 9.18 Å². The second-order valence-electron chi connectivity index (χ2n) is 7.28. The average Bonchev–Trinajstić information content (AvgIpc) is 3.17. The monoisotopic (exact) mass is 417 g/mol. The van der Waals surface area contributed by atoms with Crippen LogP contribution in [0.1, 0.15) is 22.9 Å². The van der Waals surface area contributed by atoms with Crippen molar-refractivity contribution in [2.45, 2.75) is 17.5 Å². The number of H-pyrrole nitrogens is 1. The molecule has 0 fully saturated rings. The molecule has 2 aromatic carbocycles. The Morgan fingerprint density at radius 1 is 1.10 bits per heavy atom. The molecule has 0 spiro atoms. The van der Waals surface area contributed by atoms with Crippen LogP contribution in [0.4, 0.5) is 4.39 Å². The Hall–Kier alpha value is -3.12. The van der Waals surface area contributed by atoms with E-state index in [1.165, 1.54) is 23.4 Å². The Morgan fingerprint density at radius 2 is 1.90 bits per heavy atom. The number of aromatic amines is 1. The van der Waals surface area contributed by atoms with Crippen molar-refractivity contribution < 1.29 is 9.18 Å². The molecule has 0 radical (unpaired) electrons. The number of nitrogens with one attached hydrogen (secondary N) is 1. The van der Waals surface area contributed by atoms with Crippen LogP contribution in [0.25, 0.3) is 10.9 Å². The number of amides is 1. The van der Waals surface area contributed by atoms with Crippen LogP contribution in [-0.2, 0) is 11.2 Å². The molecule has 150 valence electrons. The normalized spacial score (nSPS) is 15.9. The molecule has 5 rings (SSSR count). The summed E-state index contributed by atoms with van der Waals surface area (Å²) in [5, 5.41) is 1.94.